The monoisotopic (exact) mass is 808 g/mol. The van der Waals surface area contributed by atoms with E-state index >= 15 is 0 Å². The molecule has 0 fully saturated rings. The quantitative estimate of drug-likeness (QED) is 0.0415. The van der Waals surface area contributed by atoms with Gasteiger partial charge in [0.1, 0.15) is 42.5 Å². The first-order chi connectivity index (χ1) is 26.6. The molecule has 22 nitrogen and oxygen atoms in total. The van der Waals surface area contributed by atoms with Crippen LogP contribution in [0.3, 0.4) is 0 Å². The number of hydrogen-bond donors (Lipinski definition) is 11. The fourth-order valence-corrected chi connectivity index (χ4v) is 5.20. The fourth-order valence-electron chi connectivity index (χ4n) is 5.20. The maximum Gasteiger partial charge on any atom is 0.305 e. The van der Waals surface area contributed by atoms with Gasteiger partial charge in [0.2, 0.25) is 41.4 Å². The van der Waals surface area contributed by atoms with Crippen LogP contribution in [0.25, 0.3) is 0 Å². The average molecular weight is 809 g/mol. The Hall–Kier alpha value is -5.93. The fraction of sp³-hybridized carbons (Fsp3) is 0.629. The molecule has 57 heavy (non-hydrogen) atoms. The number of carbonyl (C=O) groups excluding carboxylic acids is 8. The predicted octanol–water partition coefficient (Wildman–Crippen LogP) is -3.03. The first-order valence-corrected chi connectivity index (χ1v) is 18.3. The second kappa shape index (κ2) is 24.6. The molecule has 1 rings (SSSR count). The number of amides is 7. The second-order valence-corrected chi connectivity index (χ2v) is 14.3. The van der Waals surface area contributed by atoms with Gasteiger partial charge in [-0.2, -0.15) is 0 Å². The summed E-state index contributed by atoms with van der Waals surface area (Å²) in [5.74, 6) is -8.91. The van der Waals surface area contributed by atoms with E-state index in [1.54, 1.807) is 27.7 Å². The van der Waals surface area contributed by atoms with E-state index in [1.807, 2.05) is 0 Å². The normalized spacial score (nSPS) is 14.7. The molecule has 7 amide bonds. The highest BCUT2D eigenvalue weighted by atomic mass is 16.4. The summed E-state index contributed by atoms with van der Waals surface area (Å²) in [7, 11) is 0. The van der Waals surface area contributed by atoms with Gasteiger partial charge in [-0.1, -0.05) is 27.7 Å². The molecular formula is C35H56N10O12. The number of H-pyrrole nitrogens is 1. The number of rotatable bonds is 26. The van der Waals surface area contributed by atoms with Crippen molar-refractivity contribution in [1.82, 2.24) is 47.2 Å². The van der Waals surface area contributed by atoms with Crippen molar-refractivity contribution in [2.24, 2.45) is 17.6 Å². The van der Waals surface area contributed by atoms with Crippen LogP contribution in [0.15, 0.2) is 12.5 Å². The third-order valence-corrected chi connectivity index (χ3v) is 8.17. The summed E-state index contributed by atoms with van der Waals surface area (Å²) in [5, 5.41) is 35.4. The number of aliphatic carboxylic acids is 2. The van der Waals surface area contributed by atoms with E-state index in [9.17, 15) is 53.1 Å². The standard InChI is InChI=1S/C35H56N10O12/c1-17(2)11-23(32(54)40-19(5)29(51)38-9-10-46)44-34(56)24(12-18(3)4)45-35(57)26(14-28(49)50)42-30(52)20(6)41-33(55)25(13-21-15-37-16-39-21)43-31(53)22(36)7-8-27(47)48/h10,15-20,22-26H,7-9,11-14,36H2,1-6H3,(H,37,39)(H,38,51)(H,40,54)(H,41,55)(H,42,52)(H,43,53)(H,44,56)(H,45,57)(H,47,48)(H,49,50)/t19-,20-,22-,23-,24-,25-,26-/m0/s1. The Labute approximate surface area is 329 Å². The molecule has 7 atom stereocenters. The summed E-state index contributed by atoms with van der Waals surface area (Å²) in [6.45, 7) is 9.43. The maximum atomic E-state index is 13.6. The van der Waals surface area contributed by atoms with E-state index in [1.165, 1.54) is 26.4 Å². The van der Waals surface area contributed by atoms with Gasteiger partial charge in [0, 0.05) is 24.7 Å². The minimum absolute atomic E-state index is 0.0295. The summed E-state index contributed by atoms with van der Waals surface area (Å²) >= 11 is 0. The molecule has 318 valence electrons. The van der Waals surface area contributed by atoms with Crippen LogP contribution in [0.5, 0.6) is 0 Å². The maximum absolute atomic E-state index is 13.6. The van der Waals surface area contributed by atoms with Gasteiger partial charge in [-0.15, -0.1) is 0 Å². The van der Waals surface area contributed by atoms with Crippen LogP contribution in [0.2, 0.25) is 0 Å². The topological polar surface area (TPSA) is 350 Å². The lowest BCUT2D eigenvalue weighted by atomic mass is 9.99. The lowest BCUT2D eigenvalue weighted by Crippen LogP contribution is -2.60. The van der Waals surface area contributed by atoms with Crippen molar-refractivity contribution in [2.75, 3.05) is 6.54 Å². The predicted molar refractivity (Wildman–Crippen MR) is 200 cm³/mol. The zero-order valence-corrected chi connectivity index (χ0v) is 32.9. The number of carboxylic acids is 2. The molecule has 12 N–H and O–H groups in total. The minimum Gasteiger partial charge on any atom is -0.481 e. The van der Waals surface area contributed by atoms with Crippen LogP contribution < -0.4 is 43.0 Å². The highest BCUT2D eigenvalue weighted by molar-refractivity contribution is 5.98. The Bertz CT molecular complexity index is 1570. The van der Waals surface area contributed by atoms with E-state index in [0.29, 0.717) is 12.0 Å². The Morgan fingerprint density at radius 2 is 1.14 bits per heavy atom. The molecule has 1 aromatic heterocycles. The van der Waals surface area contributed by atoms with Crippen molar-refractivity contribution in [3.8, 4) is 0 Å². The molecular weight excluding hydrogens is 752 g/mol. The van der Waals surface area contributed by atoms with Gasteiger partial charge in [0.05, 0.1) is 25.3 Å². The van der Waals surface area contributed by atoms with Crippen molar-refractivity contribution in [3.63, 3.8) is 0 Å². The largest absolute Gasteiger partial charge is 0.481 e. The Morgan fingerprint density at radius 1 is 0.667 bits per heavy atom. The van der Waals surface area contributed by atoms with Gasteiger partial charge >= 0.3 is 11.9 Å². The van der Waals surface area contributed by atoms with Crippen molar-refractivity contribution in [3.05, 3.63) is 18.2 Å². The van der Waals surface area contributed by atoms with Gasteiger partial charge in [0.15, 0.2) is 0 Å². The third-order valence-electron chi connectivity index (χ3n) is 8.17. The smallest absolute Gasteiger partial charge is 0.305 e. The molecule has 0 spiro atoms. The highest BCUT2D eigenvalue weighted by Gasteiger charge is 2.34. The number of carboxylic acid groups (broad SMARTS) is 2. The van der Waals surface area contributed by atoms with Crippen LogP contribution in [0.4, 0.5) is 0 Å². The molecule has 1 aromatic rings. The van der Waals surface area contributed by atoms with Crippen molar-refractivity contribution >= 4 is 59.6 Å². The summed E-state index contributed by atoms with van der Waals surface area (Å²) in [6, 6.07) is -9.29. The van der Waals surface area contributed by atoms with Crippen LogP contribution >= 0.6 is 0 Å². The second-order valence-electron chi connectivity index (χ2n) is 14.3. The Morgan fingerprint density at radius 3 is 1.61 bits per heavy atom. The number of nitrogens with zero attached hydrogens (tertiary/aromatic N) is 1. The molecule has 0 aliphatic heterocycles. The lowest BCUT2D eigenvalue weighted by Gasteiger charge is -2.27. The molecule has 0 saturated heterocycles. The number of nitrogens with two attached hydrogens (primary N) is 1. The molecule has 0 radical (unpaired) electrons. The van der Waals surface area contributed by atoms with Crippen LogP contribution in [0, 0.1) is 11.8 Å². The first-order valence-electron chi connectivity index (χ1n) is 18.3. The zero-order chi connectivity index (χ0) is 43.4. The number of aromatic amines is 1. The molecule has 0 bridgehead atoms. The first kappa shape index (κ1) is 49.1. The number of hydrogen-bond acceptors (Lipinski definition) is 12. The third kappa shape index (κ3) is 19.0. The molecule has 0 aliphatic carbocycles. The molecule has 22 heteroatoms. The number of imidazole rings is 1. The van der Waals surface area contributed by atoms with Gasteiger partial charge in [0.25, 0.3) is 0 Å². The van der Waals surface area contributed by atoms with Crippen LogP contribution in [-0.4, -0.2) is 129 Å². The summed E-state index contributed by atoms with van der Waals surface area (Å²) in [4.78, 5) is 132. The van der Waals surface area contributed by atoms with Gasteiger partial charge in [-0.25, -0.2) is 4.98 Å². The lowest BCUT2D eigenvalue weighted by molar-refractivity contribution is -0.141. The van der Waals surface area contributed by atoms with E-state index < -0.39 is 108 Å². The Kier molecular flexibility index (Phi) is 21.1. The van der Waals surface area contributed by atoms with Crippen molar-refractivity contribution in [2.45, 2.75) is 122 Å². The number of nitrogens with one attached hydrogen (secondary N) is 8. The molecule has 0 aliphatic rings. The zero-order valence-electron chi connectivity index (χ0n) is 32.9. The summed E-state index contributed by atoms with van der Waals surface area (Å²) < 4.78 is 0. The average Bonchev–Trinajstić information content (AvgIpc) is 3.63. The van der Waals surface area contributed by atoms with Gasteiger partial charge < -0.3 is 62.9 Å². The van der Waals surface area contributed by atoms with Gasteiger partial charge in [-0.3, -0.25) is 43.2 Å². The minimum atomic E-state index is -1.75. The number of aromatic nitrogens is 2. The Balaban J connectivity index is 3.15. The van der Waals surface area contributed by atoms with E-state index in [4.69, 9.17) is 10.8 Å². The van der Waals surface area contributed by atoms with E-state index in [-0.39, 0.29) is 44.1 Å². The number of carbonyl (C=O) groups is 10. The summed E-state index contributed by atoms with van der Waals surface area (Å²) in [5.41, 5.74) is 6.20. The van der Waals surface area contributed by atoms with Crippen molar-refractivity contribution in [1.29, 1.82) is 0 Å². The van der Waals surface area contributed by atoms with Gasteiger partial charge in [-0.05, 0) is 44.9 Å². The molecule has 0 saturated carbocycles. The van der Waals surface area contributed by atoms with Crippen LogP contribution in [0.1, 0.15) is 79.3 Å². The molecule has 0 aromatic carbocycles. The van der Waals surface area contributed by atoms with Crippen LogP contribution in [-0.2, 0) is 54.4 Å². The van der Waals surface area contributed by atoms with Crippen molar-refractivity contribution < 1.29 is 58.2 Å². The highest BCUT2D eigenvalue weighted by Crippen LogP contribution is 2.11. The summed E-state index contributed by atoms with van der Waals surface area (Å²) in [6.07, 6.45) is 1.65. The molecule has 0 unspecified atom stereocenters. The number of aldehydes is 1. The van der Waals surface area contributed by atoms with E-state index in [0.717, 1.165) is 0 Å². The molecule has 1 heterocycles. The van der Waals surface area contributed by atoms with E-state index in [2.05, 4.69) is 47.2 Å². The SMILES string of the molecule is CC(C)C[C@H](NC(=O)[C@H](CC(C)C)NC(=O)[C@H](CC(=O)O)NC(=O)[C@H](C)NC(=O)[C@H](Cc1cnc[nH]1)NC(=O)[C@@H](N)CCC(=O)O)C(=O)N[C@@H](C)C(=O)NCC=O.